The van der Waals surface area contributed by atoms with E-state index in [1.807, 2.05) is 0 Å². The van der Waals surface area contributed by atoms with Crippen LogP contribution in [-0.4, -0.2) is 38.6 Å². The number of benzene rings is 2. The minimum Gasteiger partial charge on any atom is -0.277 e. The number of hydrogen-bond acceptors (Lipinski definition) is 6. The van der Waals surface area contributed by atoms with Crippen molar-refractivity contribution in [1.82, 2.24) is 4.31 Å². The second-order valence-electron chi connectivity index (χ2n) is 7.80. The summed E-state index contributed by atoms with van der Waals surface area (Å²) in [6, 6.07) is 5.28. The van der Waals surface area contributed by atoms with E-state index < -0.39 is 59.5 Å². The maximum atomic E-state index is 13.6. The Hall–Kier alpha value is -3.59. The molecule has 2 aromatic carbocycles. The van der Waals surface area contributed by atoms with Crippen molar-refractivity contribution in [2.24, 2.45) is 0 Å². The van der Waals surface area contributed by atoms with Crippen LogP contribution in [-0.2, 0) is 26.0 Å². The minimum atomic E-state index is -4.79. The molecule has 0 unspecified atom stereocenters. The molecule has 1 aliphatic rings. The van der Waals surface area contributed by atoms with E-state index >= 15 is 0 Å². The van der Waals surface area contributed by atoms with Gasteiger partial charge in [0.05, 0.1) is 28.7 Å². The highest BCUT2D eigenvalue weighted by Crippen LogP contribution is 2.44. The highest BCUT2D eigenvalue weighted by molar-refractivity contribution is 7.91. The molecule has 15 heteroatoms. The highest BCUT2D eigenvalue weighted by Gasteiger charge is 2.47. The van der Waals surface area contributed by atoms with Crippen molar-refractivity contribution in [1.29, 1.82) is 5.26 Å². The van der Waals surface area contributed by atoms with E-state index in [0.717, 1.165) is 36.6 Å². The van der Waals surface area contributed by atoms with Crippen molar-refractivity contribution >= 4 is 43.2 Å². The van der Waals surface area contributed by atoms with Crippen LogP contribution in [0.5, 0.6) is 0 Å². The number of anilines is 1. The van der Waals surface area contributed by atoms with Crippen LogP contribution in [0.4, 0.5) is 23.7 Å². The quantitative estimate of drug-likeness (QED) is 0.380. The van der Waals surface area contributed by atoms with Crippen molar-refractivity contribution in [2.75, 3.05) is 16.4 Å². The molecule has 0 saturated heterocycles. The third kappa shape index (κ3) is 5.13. The Balaban J connectivity index is 2.43. The van der Waals surface area contributed by atoms with Gasteiger partial charge in [0.2, 0.25) is 5.70 Å². The lowest BCUT2D eigenvalue weighted by Crippen LogP contribution is -2.52. The SMILES string of the molecule is [C-]#[N+]C1=C(C)N(c2cccc(C(F)(F)F)c2)C(=O)N(S(=O)(=O)CCl)[C@@H]1c1ccc(C#N)cc1S(C)(=O)=O. The Morgan fingerprint density at radius 3 is 2.32 bits per heavy atom. The summed E-state index contributed by atoms with van der Waals surface area (Å²) >= 11 is 5.62. The number of nitrogens with zero attached hydrogens (tertiary/aromatic N) is 4. The second kappa shape index (κ2) is 9.70. The predicted octanol–water partition coefficient (Wildman–Crippen LogP) is 4.64. The fourth-order valence-electron chi connectivity index (χ4n) is 3.80. The zero-order valence-electron chi connectivity index (χ0n) is 19.0. The molecule has 0 radical (unpaired) electrons. The molecule has 9 nitrogen and oxygen atoms in total. The predicted molar refractivity (Wildman–Crippen MR) is 127 cm³/mol. The number of sulfone groups is 1. The number of nitriles is 1. The summed E-state index contributed by atoms with van der Waals surface area (Å²) in [5.74, 6) is 0. The zero-order chi connectivity index (χ0) is 27.9. The molecule has 1 heterocycles. The summed E-state index contributed by atoms with van der Waals surface area (Å²) in [6.07, 6.45) is -3.99. The molecular weight excluding hydrogens is 557 g/mol. The van der Waals surface area contributed by atoms with E-state index in [1.54, 1.807) is 6.07 Å². The number of alkyl halides is 4. The Kier molecular flexibility index (Phi) is 7.34. The average molecular weight is 573 g/mol. The standard InChI is InChI=1S/C22H16ClF3N4O5S2/c1-13-19(28-2)20(17-8-7-14(11-27)9-18(17)36(3,32)33)30(37(34,35)12-23)21(31)29(13)16-6-4-5-15(10-16)22(24,25)26/h4-10,20H,12H2,1,3H3/t20-/m1/s1. The summed E-state index contributed by atoms with van der Waals surface area (Å²) < 4.78 is 91.4. The fourth-order valence-corrected chi connectivity index (χ4v) is 6.02. The molecule has 0 bridgehead atoms. The van der Waals surface area contributed by atoms with Gasteiger partial charge in [0.15, 0.2) is 9.84 Å². The summed E-state index contributed by atoms with van der Waals surface area (Å²) in [5, 5.41) is 8.04. The number of carbonyl (C=O) groups is 1. The molecule has 2 aromatic rings. The van der Waals surface area contributed by atoms with E-state index in [4.69, 9.17) is 18.2 Å². The number of allylic oxidation sites excluding steroid dienone is 1. The van der Waals surface area contributed by atoms with Gasteiger partial charge in [-0.3, -0.25) is 4.90 Å². The number of halogens is 4. The third-order valence-electron chi connectivity index (χ3n) is 5.41. The molecule has 0 saturated carbocycles. The zero-order valence-corrected chi connectivity index (χ0v) is 21.4. The summed E-state index contributed by atoms with van der Waals surface area (Å²) in [5.41, 5.74) is -2.59. The highest BCUT2D eigenvalue weighted by atomic mass is 35.5. The van der Waals surface area contributed by atoms with Crippen molar-refractivity contribution in [2.45, 2.75) is 24.0 Å². The third-order valence-corrected chi connectivity index (χ3v) is 8.63. The van der Waals surface area contributed by atoms with Crippen LogP contribution in [0.15, 0.2) is 58.8 Å². The van der Waals surface area contributed by atoms with Gasteiger partial charge in [0.1, 0.15) is 11.3 Å². The lowest BCUT2D eigenvalue weighted by atomic mass is 9.98. The molecule has 0 aliphatic carbocycles. The molecule has 0 aromatic heterocycles. The number of amides is 2. The van der Waals surface area contributed by atoms with E-state index in [0.29, 0.717) is 11.0 Å². The van der Waals surface area contributed by atoms with Gasteiger partial charge in [-0.1, -0.05) is 12.1 Å². The minimum absolute atomic E-state index is 0.0892. The first-order valence-corrected chi connectivity index (χ1v) is 14.0. The van der Waals surface area contributed by atoms with Gasteiger partial charge in [-0.2, -0.15) is 18.4 Å². The summed E-state index contributed by atoms with van der Waals surface area (Å²) in [7, 11) is -8.87. The van der Waals surface area contributed by atoms with Crippen LogP contribution in [0.1, 0.15) is 29.7 Å². The maximum Gasteiger partial charge on any atom is 0.416 e. The van der Waals surface area contributed by atoms with Crippen LogP contribution in [0.3, 0.4) is 0 Å². The van der Waals surface area contributed by atoms with Crippen LogP contribution < -0.4 is 4.90 Å². The van der Waals surface area contributed by atoms with Crippen LogP contribution in [0, 0.1) is 17.9 Å². The van der Waals surface area contributed by atoms with E-state index in [2.05, 4.69) is 4.85 Å². The van der Waals surface area contributed by atoms with Crippen LogP contribution in [0.2, 0.25) is 0 Å². The number of rotatable bonds is 5. The first-order valence-electron chi connectivity index (χ1n) is 10.00. The molecule has 0 N–H and O–H groups in total. The van der Waals surface area contributed by atoms with Gasteiger partial charge in [-0.05, 0) is 42.8 Å². The topological polar surface area (TPSA) is 120 Å². The number of sulfonamides is 1. The molecule has 37 heavy (non-hydrogen) atoms. The molecule has 2 amide bonds. The Bertz CT molecular complexity index is 1620. The second-order valence-corrected chi connectivity index (χ2v) is 12.2. The molecule has 194 valence electrons. The molecule has 0 fully saturated rings. The number of carbonyl (C=O) groups excluding carboxylic acids is 1. The smallest absolute Gasteiger partial charge is 0.277 e. The first kappa shape index (κ1) is 28.0. The fraction of sp³-hybridized carbons (Fsp3) is 0.227. The molecular formula is C22H16ClF3N4O5S2. The molecule has 0 spiro atoms. The van der Waals surface area contributed by atoms with E-state index in [-0.39, 0.29) is 26.8 Å². The van der Waals surface area contributed by atoms with Gasteiger partial charge in [0, 0.05) is 17.6 Å². The monoisotopic (exact) mass is 572 g/mol. The summed E-state index contributed by atoms with van der Waals surface area (Å²) in [6.45, 7) is 8.93. The van der Waals surface area contributed by atoms with Gasteiger partial charge < -0.3 is 0 Å². The number of urea groups is 1. The van der Waals surface area contributed by atoms with Gasteiger partial charge >= 0.3 is 12.2 Å². The van der Waals surface area contributed by atoms with Gasteiger partial charge in [0.25, 0.3) is 10.0 Å². The maximum absolute atomic E-state index is 13.6. The molecule has 3 rings (SSSR count). The van der Waals surface area contributed by atoms with Gasteiger partial charge in [-0.25, -0.2) is 30.8 Å². The Labute approximate surface area is 215 Å². The van der Waals surface area contributed by atoms with Crippen molar-refractivity contribution in [3.63, 3.8) is 0 Å². The Morgan fingerprint density at radius 1 is 1.16 bits per heavy atom. The van der Waals surface area contributed by atoms with Crippen molar-refractivity contribution in [3.8, 4) is 6.07 Å². The normalized spacial score (nSPS) is 17.0. The van der Waals surface area contributed by atoms with E-state index in [1.165, 1.54) is 13.0 Å². The molecule has 1 aliphatic heterocycles. The van der Waals surface area contributed by atoms with Crippen molar-refractivity contribution in [3.05, 3.63) is 82.0 Å². The lowest BCUT2D eigenvalue weighted by Gasteiger charge is -2.41. The molecule has 1 atom stereocenters. The number of hydrogen-bond donors (Lipinski definition) is 0. The van der Waals surface area contributed by atoms with Crippen molar-refractivity contribution < 1.29 is 34.8 Å². The van der Waals surface area contributed by atoms with Crippen LogP contribution in [0.25, 0.3) is 4.85 Å². The first-order chi connectivity index (χ1) is 17.1. The summed E-state index contributed by atoms with van der Waals surface area (Å²) in [4.78, 5) is 17.1. The van der Waals surface area contributed by atoms with Gasteiger partial charge in [-0.15, -0.1) is 11.6 Å². The van der Waals surface area contributed by atoms with Crippen LogP contribution >= 0.6 is 11.6 Å². The van der Waals surface area contributed by atoms with E-state index in [9.17, 15) is 40.1 Å². The average Bonchev–Trinajstić information content (AvgIpc) is 2.82. The largest absolute Gasteiger partial charge is 0.416 e. The lowest BCUT2D eigenvalue weighted by molar-refractivity contribution is -0.137. The Morgan fingerprint density at radius 2 is 1.81 bits per heavy atom.